The second kappa shape index (κ2) is 11.3. The summed E-state index contributed by atoms with van der Waals surface area (Å²) in [7, 11) is 0. The lowest BCUT2D eigenvalue weighted by Gasteiger charge is -2.28. The molecule has 1 fully saturated rings. The summed E-state index contributed by atoms with van der Waals surface area (Å²) < 4.78 is 57.5. The number of amides is 1. The predicted octanol–water partition coefficient (Wildman–Crippen LogP) is 6.65. The average Bonchev–Trinajstić information content (AvgIpc) is 3.42. The summed E-state index contributed by atoms with van der Waals surface area (Å²) in [4.78, 5) is 19.1. The molecule has 2 aromatic carbocycles. The smallest absolute Gasteiger partial charge is 0.352 e. The number of anilines is 1. The first-order valence-corrected chi connectivity index (χ1v) is 13.3. The number of para-hydroxylation sites is 2. The second-order valence-electron chi connectivity index (χ2n) is 9.77. The maximum absolute atomic E-state index is 14.1. The first-order chi connectivity index (χ1) is 19.6. The molecule has 6 nitrogen and oxygen atoms in total. The normalized spacial score (nSPS) is 17.0. The fraction of sp³-hybridized carbons (Fsp3) is 0.233. The Morgan fingerprint density at radius 3 is 2.46 bits per heavy atom. The van der Waals surface area contributed by atoms with Crippen LogP contribution in [0.3, 0.4) is 0 Å². The first kappa shape index (κ1) is 28.3. The van der Waals surface area contributed by atoms with Crippen LogP contribution in [0.4, 0.5) is 23.2 Å². The number of hydrogen-bond acceptors (Lipinski definition) is 3. The quantitative estimate of drug-likeness (QED) is 0.189. The SMILES string of the molecule is Cc1cc([C@@H]2[C@@H](c3ccccn3)NC(=S)N2CCC(=O)Nc2ccccc2F)c(C)n1-c1ccccc1C(F)(F)F. The number of carbonyl (C=O) groups is 1. The molecule has 0 radical (unpaired) electrons. The monoisotopic (exact) mass is 581 g/mol. The molecule has 2 N–H and O–H groups in total. The highest BCUT2D eigenvalue weighted by molar-refractivity contribution is 7.80. The molecule has 1 saturated heterocycles. The molecule has 3 heterocycles. The Kier molecular flexibility index (Phi) is 7.81. The Morgan fingerprint density at radius 1 is 1.05 bits per heavy atom. The largest absolute Gasteiger partial charge is 0.418 e. The van der Waals surface area contributed by atoms with Crippen molar-refractivity contribution in [2.75, 3.05) is 11.9 Å². The van der Waals surface area contributed by atoms with Gasteiger partial charge in [-0.2, -0.15) is 13.2 Å². The average molecular weight is 582 g/mol. The van der Waals surface area contributed by atoms with E-state index < -0.39 is 35.5 Å². The van der Waals surface area contributed by atoms with Crippen LogP contribution in [-0.2, 0) is 11.0 Å². The van der Waals surface area contributed by atoms with Crippen molar-refractivity contribution in [2.45, 2.75) is 38.5 Å². The fourth-order valence-electron chi connectivity index (χ4n) is 5.35. The lowest BCUT2D eigenvalue weighted by molar-refractivity contribution is -0.137. The van der Waals surface area contributed by atoms with Crippen LogP contribution in [0.25, 0.3) is 5.69 Å². The number of benzene rings is 2. The molecule has 5 rings (SSSR count). The van der Waals surface area contributed by atoms with Crippen molar-refractivity contribution in [2.24, 2.45) is 0 Å². The van der Waals surface area contributed by atoms with Gasteiger partial charge in [-0.3, -0.25) is 9.78 Å². The lowest BCUT2D eigenvalue weighted by Crippen LogP contribution is -2.33. The highest BCUT2D eigenvalue weighted by Crippen LogP contribution is 2.42. The Balaban J connectivity index is 1.52. The minimum atomic E-state index is -4.54. The molecule has 11 heteroatoms. The zero-order valence-electron chi connectivity index (χ0n) is 22.2. The molecule has 0 saturated carbocycles. The van der Waals surface area contributed by atoms with Gasteiger partial charge < -0.3 is 20.1 Å². The molecule has 0 spiro atoms. The van der Waals surface area contributed by atoms with Gasteiger partial charge in [-0.25, -0.2) is 4.39 Å². The third-order valence-electron chi connectivity index (χ3n) is 7.16. The van der Waals surface area contributed by atoms with E-state index in [1.54, 1.807) is 42.8 Å². The summed E-state index contributed by atoms with van der Waals surface area (Å²) in [5, 5.41) is 6.26. The van der Waals surface area contributed by atoms with Crippen molar-refractivity contribution in [1.82, 2.24) is 19.8 Å². The van der Waals surface area contributed by atoms with Crippen LogP contribution in [-0.4, -0.2) is 32.0 Å². The molecule has 2 atom stereocenters. The van der Waals surface area contributed by atoms with Gasteiger partial charge in [0.25, 0.3) is 0 Å². The summed E-state index contributed by atoms with van der Waals surface area (Å²) in [6.07, 6.45) is -2.88. The van der Waals surface area contributed by atoms with E-state index in [0.29, 0.717) is 22.2 Å². The minimum absolute atomic E-state index is 0.00274. The van der Waals surface area contributed by atoms with Crippen LogP contribution < -0.4 is 10.6 Å². The molecule has 4 aromatic rings. The Hall–Kier alpha value is -4.25. The summed E-state index contributed by atoms with van der Waals surface area (Å²) in [6.45, 7) is 3.71. The van der Waals surface area contributed by atoms with Crippen molar-refractivity contribution in [3.05, 3.63) is 113 Å². The molecule has 0 aliphatic carbocycles. The van der Waals surface area contributed by atoms with Gasteiger partial charge in [-0.05, 0) is 74.1 Å². The molecule has 1 amide bonds. The molecule has 1 aliphatic rings. The first-order valence-electron chi connectivity index (χ1n) is 12.9. The third-order valence-corrected chi connectivity index (χ3v) is 7.52. The zero-order chi connectivity index (χ0) is 29.3. The maximum Gasteiger partial charge on any atom is 0.418 e. The number of nitrogens with zero attached hydrogens (tertiary/aromatic N) is 3. The van der Waals surface area contributed by atoms with Crippen LogP contribution in [0.1, 0.15) is 46.7 Å². The van der Waals surface area contributed by atoms with Crippen molar-refractivity contribution >= 4 is 28.9 Å². The van der Waals surface area contributed by atoms with Crippen molar-refractivity contribution in [1.29, 1.82) is 0 Å². The third kappa shape index (κ3) is 5.67. The van der Waals surface area contributed by atoms with E-state index in [-0.39, 0.29) is 24.3 Å². The van der Waals surface area contributed by atoms with Gasteiger partial charge >= 0.3 is 6.18 Å². The Labute approximate surface area is 240 Å². The summed E-state index contributed by atoms with van der Waals surface area (Å²) in [6, 6.07) is 17.8. The van der Waals surface area contributed by atoms with E-state index in [0.717, 1.165) is 11.6 Å². The van der Waals surface area contributed by atoms with E-state index in [4.69, 9.17) is 12.2 Å². The number of aromatic nitrogens is 2. The van der Waals surface area contributed by atoms with Crippen LogP contribution >= 0.6 is 12.2 Å². The van der Waals surface area contributed by atoms with Gasteiger partial charge in [-0.1, -0.05) is 30.3 Å². The number of hydrogen-bond donors (Lipinski definition) is 2. The molecular formula is C30H27F4N5OS. The Bertz CT molecular complexity index is 1590. The van der Waals surface area contributed by atoms with Crippen molar-refractivity contribution < 1.29 is 22.4 Å². The summed E-state index contributed by atoms with van der Waals surface area (Å²) in [5.41, 5.74) is 2.03. The van der Waals surface area contributed by atoms with Crippen LogP contribution in [0.5, 0.6) is 0 Å². The molecule has 0 unspecified atom stereocenters. The standard InChI is InChI=1S/C30H27F4N5OS/c1-18-17-20(19(2)39(18)25-13-6-3-9-21(25)30(32,33)34)28-27(24-12-7-8-15-35-24)37-29(41)38(28)16-14-26(40)36-23-11-5-4-10-22(23)31/h3-13,15,17,27-28H,14,16H2,1-2H3,(H,36,40)(H,37,41)/t27-,28-/m1/s1. The number of alkyl halides is 3. The molecule has 41 heavy (non-hydrogen) atoms. The molecule has 0 bridgehead atoms. The molecular weight excluding hydrogens is 554 g/mol. The number of pyridine rings is 1. The zero-order valence-corrected chi connectivity index (χ0v) is 23.1. The van der Waals surface area contributed by atoms with Gasteiger partial charge in [-0.15, -0.1) is 0 Å². The number of aryl methyl sites for hydroxylation is 1. The topological polar surface area (TPSA) is 62.2 Å². The second-order valence-corrected chi connectivity index (χ2v) is 10.2. The van der Waals surface area contributed by atoms with Crippen LogP contribution in [0.2, 0.25) is 0 Å². The van der Waals surface area contributed by atoms with Gasteiger partial charge in [0.05, 0.1) is 34.7 Å². The van der Waals surface area contributed by atoms with E-state index in [1.165, 1.54) is 30.3 Å². The fourth-order valence-corrected chi connectivity index (χ4v) is 5.68. The highest BCUT2D eigenvalue weighted by atomic mass is 32.1. The van der Waals surface area contributed by atoms with Gasteiger partial charge in [0, 0.05) is 30.6 Å². The number of rotatable bonds is 7. The number of halogens is 4. The van der Waals surface area contributed by atoms with E-state index >= 15 is 0 Å². The number of thiocarbonyl (C=S) groups is 1. The highest BCUT2D eigenvalue weighted by Gasteiger charge is 2.42. The van der Waals surface area contributed by atoms with Crippen LogP contribution in [0, 0.1) is 19.7 Å². The van der Waals surface area contributed by atoms with Crippen molar-refractivity contribution in [3.63, 3.8) is 0 Å². The van der Waals surface area contributed by atoms with Crippen molar-refractivity contribution in [3.8, 4) is 5.69 Å². The predicted molar refractivity (Wildman–Crippen MR) is 152 cm³/mol. The van der Waals surface area contributed by atoms with E-state index in [2.05, 4.69) is 15.6 Å². The van der Waals surface area contributed by atoms with Gasteiger partial charge in [0.15, 0.2) is 5.11 Å². The number of carbonyl (C=O) groups excluding carboxylic acids is 1. The lowest BCUT2D eigenvalue weighted by atomic mass is 9.96. The maximum atomic E-state index is 14.1. The number of nitrogens with one attached hydrogen (secondary N) is 2. The Morgan fingerprint density at radius 2 is 1.76 bits per heavy atom. The van der Waals surface area contributed by atoms with Gasteiger partial charge in [0.2, 0.25) is 5.91 Å². The molecule has 2 aromatic heterocycles. The van der Waals surface area contributed by atoms with Crippen LogP contribution in [0.15, 0.2) is 79.0 Å². The molecule has 1 aliphatic heterocycles. The summed E-state index contributed by atoms with van der Waals surface area (Å²) >= 11 is 5.68. The van der Waals surface area contributed by atoms with E-state index in [1.807, 2.05) is 23.1 Å². The summed E-state index contributed by atoms with van der Waals surface area (Å²) in [5.74, 6) is -0.943. The van der Waals surface area contributed by atoms with E-state index in [9.17, 15) is 22.4 Å². The minimum Gasteiger partial charge on any atom is -0.352 e. The molecule has 212 valence electrons. The van der Waals surface area contributed by atoms with Gasteiger partial charge in [0.1, 0.15) is 5.82 Å².